The van der Waals surface area contributed by atoms with Gasteiger partial charge in [-0.3, -0.25) is 0 Å². The van der Waals surface area contributed by atoms with Gasteiger partial charge in [-0.25, -0.2) is 0 Å². The Morgan fingerprint density at radius 1 is 0.900 bits per heavy atom. The van der Waals surface area contributed by atoms with E-state index in [2.05, 4.69) is 56.8 Å². The van der Waals surface area contributed by atoms with Gasteiger partial charge in [-0.2, -0.15) is 15.0 Å². The van der Waals surface area contributed by atoms with E-state index in [9.17, 15) is 0 Å². The van der Waals surface area contributed by atoms with Crippen molar-refractivity contribution in [2.75, 3.05) is 17.2 Å². The molecule has 6 heteroatoms. The molecule has 106 valence electrons. The molecule has 1 aromatic carbocycles. The fourth-order valence-corrected chi connectivity index (χ4v) is 1.90. The normalized spacial score (nSPS) is 10.3. The van der Waals surface area contributed by atoms with E-state index >= 15 is 0 Å². The van der Waals surface area contributed by atoms with E-state index in [0.29, 0.717) is 18.4 Å². The Balaban J connectivity index is 2.02. The first-order valence-electron chi connectivity index (χ1n) is 6.68. The molecule has 5 nitrogen and oxygen atoms in total. The third kappa shape index (κ3) is 4.06. The van der Waals surface area contributed by atoms with Crippen molar-refractivity contribution in [2.24, 2.45) is 0 Å². The number of aromatic nitrogens is 3. The molecular weight excluding hydrogens is 274 g/mol. The topological polar surface area (TPSA) is 62.7 Å². The Morgan fingerprint density at radius 3 is 2.10 bits per heavy atom. The van der Waals surface area contributed by atoms with Gasteiger partial charge in [0.05, 0.1) is 0 Å². The Kier molecular flexibility index (Phi) is 5.12. The first-order valence-corrected chi connectivity index (χ1v) is 7.06. The second-order valence-electron chi connectivity index (χ2n) is 4.31. The van der Waals surface area contributed by atoms with Crippen molar-refractivity contribution in [1.82, 2.24) is 15.0 Å². The van der Waals surface area contributed by atoms with E-state index in [1.165, 1.54) is 11.1 Å². The van der Waals surface area contributed by atoms with Crippen LogP contribution in [0.3, 0.4) is 0 Å². The Morgan fingerprint density at radius 2 is 1.50 bits per heavy atom. The Hall–Kier alpha value is -1.88. The molecule has 0 radical (unpaired) electrons. The summed E-state index contributed by atoms with van der Waals surface area (Å²) in [4.78, 5) is 12.3. The van der Waals surface area contributed by atoms with Crippen molar-refractivity contribution in [1.29, 1.82) is 0 Å². The van der Waals surface area contributed by atoms with Crippen molar-refractivity contribution in [3.63, 3.8) is 0 Å². The SMILES string of the molecule is CCNc1nc(Cl)nc(NCc2ccc(CC)cc2)n1. The lowest BCUT2D eigenvalue weighted by Gasteiger charge is -2.08. The van der Waals surface area contributed by atoms with Crippen LogP contribution in [-0.4, -0.2) is 21.5 Å². The van der Waals surface area contributed by atoms with Crippen molar-refractivity contribution >= 4 is 23.5 Å². The van der Waals surface area contributed by atoms with Crippen molar-refractivity contribution in [2.45, 2.75) is 26.8 Å². The fraction of sp³-hybridized carbons (Fsp3) is 0.357. The highest BCUT2D eigenvalue weighted by atomic mass is 35.5. The molecule has 1 aromatic heterocycles. The summed E-state index contributed by atoms with van der Waals surface area (Å²) in [5, 5.41) is 6.35. The monoisotopic (exact) mass is 291 g/mol. The standard InChI is InChI=1S/C14H18ClN5/c1-3-10-5-7-11(8-6-10)9-17-14-19-12(15)18-13(20-14)16-4-2/h5-8H,3-4,9H2,1-2H3,(H2,16,17,18,19,20). The zero-order chi connectivity index (χ0) is 14.4. The van der Waals surface area contributed by atoms with Crippen LogP contribution in [0.4, 0.5) is 11.9 Å². The molecular formula is C14H18ClN5. The van der Waals surface area contributed by atoms with Crippen LogP contribution < -0.4 is 10.6 Å². The predicted molar refractivity (Wildman–Crippen MR) is 82.1 cm³/mol. The van der Waals surface area contributed by atoms with Gasteiger partial charge in [0.15, 0.2) is 0 Å². The quantitative estimate of drug-likeness (QED) is 0.856. The number of benzene rings is 1. The molecule has 20 heavy (non-hydrogen) atoms. The minimum Gasteiger partial charge on any atom is -0.354 e. The van der Waals surface area contributed by atoms with Crippen LogP contribution in [0, 0.1) is 0 Å². The lowest BCUT2D eigenvalue weighted by atomic mass is 10.1. The molecule has 0 aliphatic heterocycles. The number of halogens is 1. The first-order chi connectivity index (χ1) is 9.71. The van der Waals surface area contributed by atoms with Gasteiger partial charge in [-0.05, 0) is 36.1 Å². The van der Waals surface area contributed by atoms with Crippen molar-refractivity contribution in [3.05, 3.63) is 40.7 Å². The number of rotatable bonds is 6. The number of nitrogens with one attached hydrogen (secondary N) is 2. The van der Waals surface area contributed by atoms with E-state index in [1.54, 1.807) is 0 Å². The van der Waals surface area contributed by atoms with Crippen LogP contribution in [0.5, 0.6) is 0 Å². The third-order valence-electron chi connectivity index (χ3n) is 2.82. The molecule has 0 fully saturated rings. The zero-order valence-corrected chi connectivity index (χ0v) is 12.4. The second-order valence-corrected chi connectivity index (χ2v) is 4.64. The average molecular weight is 292 g/mol. The summed E-state index contributed by atoms with van der Waals surface area (Å²) in [6, 6.07) is 8.45. The van der Waals surface area contributed by atoms with Gasteiger partial charge < -0.3 is 10.6 Å². The summed E-state index contributed by atoms with van der Waals surface area (Å²) in [6.45, 7) is 5.50. The Bertz CT molecular complexity index is 556. The summed E-state index contributed by atoms with van der Waals surface area (Å²) in [5.41, 5.74) is 2.50. The molecule has 0 saturated carbocycles. The van der Waals surface area contributed by atoms with Gasteiger partial charge in [0.1, 0.15) is 0 Å². The molecule has 2 rings (SSSR count). The summed E-state index contributed by atoms with van der Waals surface area (Å²) >= 11 is 5.86. The molecule has 2 aromatic rings. The largest absolute Gasteiger partial charge is 0.354 e. The molecule has 1 heterocycles. The second kappa shape index (κ2) is 7.05. The van der Waals surface area contributed by atoms with Gasteiger partial charge in [0, 0.05) is 13.1 Å². The predicted octanol–water partition coefficient (Wildman–Crippen LogP) is 3.13. The van der Waals surface area contributed by atoms with Gasteiger partial charge in [0.2, 0.25) is 17.2 Å². The Labute approximate surface area is 123 Å². The molecule has 0 unspecified atom stereocenters. The van der Waals surface area contributed by atoms with Crippen LogP contribution >= 0.6 is 11.6 Å². The maximum atomic E-state index is 5.86. The van der Waals surface area contributed by atoms with E-state index in [4.69, 9.17) is 11.6 Å². The molecule has 0 aliphatic carbocycles. The molecule has 2 N–H and O–H groups in total. The highest BCUT2D eigenvalue weighted by molar-refractivity contribution is 6.28. The summed E-state index contributed by atoms with van der Waals surface area (Å²) in [5.74, 6) is 0.955. The molecule has 0 bridgehead atoms. The number of aryl methyl sites for hydroxylation is 1. The lowest BCUT2D eigenvalue weighted by molar-refractivity contribution is 0.986. The van der Waals surface area contributed by atoms with Crippen LogP contribution in [0.25, 0.3) is 0 Å². The van der Waals surface area contributed by atoms with Gasteiger partial charge in [-0.15, -0.1) is 0 Å². The zero-order valence-electron chi connectivity index (χ0n) is 11.7. The molecule has 0 aliphatic rings. The summed E-state index contributed by atoms with van der Waals surface area (Å²) in [6.07, 6.45) is 1.04. The fourth-order valence-electron chi connectivity index (χ4n) is 1.74. The van der Waals surface area contributed by atoms with E-state index in [0.717, 1.165) is 13.0 Å². The number of nitrogens with zero attached hydrogens (tertiary/aromatic N) is 3. The van der Waals surface area contributed by atoms with E-state index < -0.39 is 0 Å². The van der Waals surface area contributed by atoms with Crippen molar-refractivity contribution in [3.8, 4) is 0 Å². The molecule has 0 spiro atoms. The first kappa shape index (κ1) is 14.5. The van der Waals surface area contributed by atoms with Crippen LogP contribution in [0.1, 0.15) is 25.0 Å². The summed E-state index contributed by atoms with van der Waals surface area (Å²) in [7, 11) is 0. The maximum Gasteiger partial charge on any atom is 0.229 e. The van der Waals surface area contributed by atoms with E-state index in [-0.39, 0.29) is 5.28 Å². The van der Waals surface area contributed by atoms with Gasteiger partial charge in [0.25, 0.3) is 0 Å². The highest BCUT2D eigenvalue weighted by Crippen LogP contribution is 2.11. The maximum absolute atomic E-state index is 5.86. The third-order valence-corrected chi connectivity index (χ3v) is 2.99. The number of hydrogen-bond acceptors (Lipinski definition) is 5. The van der Waals surface area contributed by atoms with Crippen molar-refractivity contribution < 1.29 is 0 Å². The van der Waals surface area contributed by atoms with Crippen LogP contribution in [0.2, 0.25) is 5.28 Å². The molecule has 0 amide bonds. The minimum absolute atomic E-state index is 0.180. The molecule has 0 atom stereocenters. The number of hydrogen-bond donors (Lipinski definition) is 2. The number of anilines is 2. The van der Waals surface area contributed by atoms with Gasteiger partial charge in [-0.1, -0.05) is 31.2 Å². The highest BCUT2D eigenvalue weighted by Gasteiger charge is 2.04. The van der Waals surface area contributed by atoms with Crippen LogP contribution in [0.15, 0.2) is 24.3 Å². The average Bonchev–Trinajstić information content (AvgIpc) is 2.45. The van der Waals surface area contributed by atoms with Crippen LogP contribution in [-0.2, 0) is 13.0 Å². The lowest BCUT2D eigenvalue weighted by Crippen LogP contribution is -2.09. The minimum atomic E-state index is 0.180. The molecule has 0 saturated heterocycles. The smallest absolute Gasteiger partial charge is 0.229 e. The summed E-state index contributed by atoms with van der Waals surface area (Å²) < 4.78 is 0. The van der Waals surface area contributed by atoms with Gasteiger partial charge >= 0.3 is 0 Å². The van der Waals surface area contributed by atoms with E-state index in [1.807, 2.05) is 6.92 Å².